The minimum Gasteiger partial charge on any atom is -0.548 e. The summed E-state index contributed by atoms with van der Waals surface area (Å²) in [5, 5.41) is 17.3. The Bertz CT molecular complexity index is 419. The van der Waals surface area contributed by atoms with Crippen molar-refractivity contribution in [3.05, 3.63) is 20.8 Å². The molecule has 0 spiro atoms. The Labute approximate surface area is 70.6 Å². The molecule has 1 aromatic rings. The minimum absolute atomic E-state index is 0.274. The van der Waals surface area contributed by atoms with Crippen LogP contribution in [0.1, 0.15) is 0 Å². The van der Waals surface area contributed by atoms with E-state index >= 15 is 0 Å². The van der Waals surface area contributed by atoms with Crippen molar-refractivity contribution in [2.24, 2.45) is 0 Å². The standard InChI is InChI=1S/C5H6N4O4/c10-2(11)1-6-3-4(12)7-5(13)9-8-3/h1H2,(H,6,8)(H,10,11)(H2,7,9,12,13)/p-1. The molecular weight excluding hydrogens is 180 g/mol. The van der Waals surface area contributed by atoms with Crippen molar-refractivity contribution >= 4 is 11.8 Å². The number of nitrogens with zero attached hydrogens (tertiary/aromatic N) is 1. The van der Waals surface area contributed by atoms with Gasteiger partial charge in [-0.1, -0.05) is 0 Å². The summed E-state index contributed by atoms with van der Waals surface area (Å²) in [6.07, 6.45) is 0. The van der Waals surface area contributed by atoms with Gasteiger partial charge in [0.15, 0.2) is 0 Å². The van der Waals surface area contributed by atoms with Crippen LogP contribution < -0.4 is 21.7 Å². The number of aliphatic carboxylic acids is 1. The van der Waals surface area contributed by atoms with Gasteiger partial charge in [-0.2, -0.15) is 0 Å². The summed E-state index contributed by atoms with van der Waals surface area (Å²) in [6.45, 7) is -0.553. The molecule has 0 aliphatic rings. The van der Waals surface area contributed by atoms with Crippen LogP contribution in [0.15, 0.2) is 9.59 Å². The number of carbonyl (C=O) groups is 1. The van der Waals surface area contributed by atoms with Gasteiger partial charge in [0, 0.05) is 0 Å². The van der Waals surface area contributed by atoms with Gasteiger partial charge in [0.25, 0.3) is 5.56 Å². The maximum Gasteiger partial charge on any atom is 0.342 e. The van der Waals surface area contributed by atoms with E-state index < -0.39 is 23.8 Å². The third-order valence-electron chi connectivity index (χ3n) is 1.11. The average Bonchev–Trinajstić information content (AvgIpc) is 2.02. The molecule has 0 fully saturated rings. The SMILES string of the molecule is O=C([O-])CNc1n[nH]c(=O)[nH]c1=O. The van der Waals surface area contributed by atoms with Gasteiger partial charge < -0.3 is 15.2 Å². The molecule has 8 nitrogen and oxygen atoms in total. The van der Waals surface area contributed by atoms with Gasteiger partial charge >= 0.3 is 5.69 Å². The fourth-order valence-electron chi connectivity index (χ4n) is 0.623. The predicted molar refractivity (Wildman–Crippen MR) is 39.0 cm³/mol. The molecule has 1 heterocycles. The van der Waals surface area contributed by atoms with Crippen molar-refractivity contribution < 1.29 is 9.90 Å². The highest BCUT2D eigenvalue weighted by molar-refractivity contribution is 5.69. The number of nitrogens with one attached hydrogen (secondary N) is 3. The summed E-state index contributed by atoms with van der Waals surface area (Å²) in [5.41, 5.74) is -1.55. The molecule has 0 amide bonds. The highest BCUT2D eigenvalue weighted by Gasteiger charge is 1.99. The number of H-pyrrole nitrogens is 2. The summed E-state index contributed by atoms with van der Waals surface area (Å²) >= 11 is 0. The molecule has 13 heavy (non-hydrogen) atoms. The summed E-state index contributed by atoms with van der Waals surface area (Å²) in [6, 6.07) is 0. The second kappa shape index (κ2) is 3.52. The van der Waals surface area contributed by atoms with Gasteiger partial charge in [0.2, 0.25) is 5.82 Å². The van der Waals surface area contributed by atoms with Gasteiger partial charge in [-0.3, -0.25) is 9.78 Å². The lowest BCUT2D eigenvalue weighted by atomic mass is 10.6. The van der Waals surface area contributed by atoms with E-state index in [1.54, 1.807) is 0 Å². The molecule has 0 saturated carbocycles. The molecule has 70 valence electrons. The molecule has 8 heteroatoms. The van der Waals surface area contributed by atoms with Crippen molar-refractivity contribution in [1.82, 2.24) is 15.2 Å². The lowest BCUT2D eigenvalue weighted by molar-refractivity contribution is -0.302. The van der Waals surface area contributed by atoms with Crippen molar-refractivity contribution in [1.29, 1.82) is 0 Å². The average molecular weight is 185 g/mol. The zero-order valence-corrected chi connectivity index (χ0v) is 6.29. The number of aromatic nitrogens is 3. The Morgan fingerprint density at radius 3 is 2.77 bits per heavy atom. The molecule has 0 unspecified atom stereocenters. The van der Waals surface area contributed by atoms with Crippen LogP contribution in [0, 0.1) is 0 Å². The fraction of sp³-hybridized carbons (Fsp3) is 0.200. The molecule has 0 radical (unpaired) electrons. The highest BCUT2D eigenvalue weighted by Crippen LogP contribution is 1.83. The van der Waals surface area contributed by atoms with Gasteiger partial charge in [0.1, 0.15) is 0 Å². The fourth-order valence-corrected chi connectivity index (χ4v) is 0.623. The maximum absolute atomic E-state index is 10.8. The number of carboxylic acid groups (broad SMARTS) is 1. The zero-order valence-electron chi connectivity index (χ0n) is 6.29. The lowest BCUT2D eigenvalue weighted by Gasteiger charge is -2.02. The molecule has 0 aliphatic heterocycles. The van der Waals surface area contributed by atoms with Crippen molar-refractivity contribution in [3.63, 3.8) is 0 Å². The number of rotatable bonds is 3. The summed E-state index contributed by atoms with van der Waals surface area (Å²) in [4.78, 5) is 33.1. The Kier molecular flexibility index (Phi) is 2.43. The highest BCUT2D eigenvalue weighted by atomic mass is 16.4. The van der Waals surface area contributed by atoms with Crippen LogP contribution in [-0.2, 0) is 4.79 Å². The summed E-state index contributed by atoms with van der Waals surface area (Å²) in [7, 11) is 0. The van der Waals surface area contributed by atoms with Gasteiger partial charge in [-0.25, -0.2) is 9.89 Å². The van der Waals surface area contributed by atoms with E-state index in [0.29, 0.717) is 0 Å². The van der Waals surface area contributed by atoms with E-state index in [0.717, 1.165) is 0 Å². The quantitative estimate of drug-likeness (QED) is 0.450. The molecule has 1 rings (SSSR count). The maximum atomic E-state index is 10.8. The van der Waals surface area contributed by atoms with Gasteiger partial charge in [-0.15, -0.1) is 5.10 Å². The molecule has 0 aliphatic carbocycles. The van der Waals surface area contributed by atoms with Crippen LogP contribution in [0.5, 0.6) is 0 Å². The third kappa shape index (κ3) is 2.43. The molecule has 0 saturated heterocycles. The first-order valence-electron chi connectivity index (χ1n) is 3.22. The zero-order chi connectivity index (χ0) is 9.84. The second-order valence-corrected chi connectivity index (χ2v) is 2.08. The molecule has 0 atom stereocenters. The predicted octanol–water partition coefficient (Wildman–Crippen LogP) is -3.38. The smallest absolute Gasteiger partial charge is 0.342 e. The van der Waals surface area contributed by atoms with Crippen LogP contribution in [0.25, 0.3) is 0 Å². The number of hydrogen-bond acceptors (Lipinski definition) is 6. The monoisotopic (exact) mass is 185 g/mol. The Hall–Kier alpha value is -2.12. The van der Waals surface area contributed by atoms with Crippen molar-refractivity contribution in [2.45, 2.75) is 0 Å². The molecule has 0 aromatic carbocycles. The minimum atomic E-state index is -1.38. The summed E-state index contributed by atoms with van der Waals surface area (Å²) < 4.78 is 0. The number of hydrogen-bond donors (Lipinski definition) is 3. The first kappa shape index (κ1) is 8.97. The Balaban J connectivity index is 2.84. The summed E-state index contributed by atoms with van der Waals surface area (Å²) in [5.74, 6) is -1.66. The molecule has 3 N–H and O–H groups in total. The topological polar surface area (TPSA) is 131 Å². The largest absolute Gasteiger partial charge is 0.548 e. The Morgan fingerprint density at radius 1 is 1.54 bits per heavy atom. The van der Waals surface area contributed by atoms with Gasteiger partial charge in [-0.05, 0) is 0 Å². The number of carbonyl (C=O) groups excluding carboxylic acids is 1. The molecular formula is C5H5N4O4-. The second-order valence-electron chi connectivity index (χ2n) is 2.08. The normalized spacial score (nSPS) is 9.54. The Morgan fingerprint density at radius 2 is 2.23 bits per heavy atom. The third-order valence-corrected chi connectivity index (χ3v) is 1.11. The van der Waals surface area contributed by atoms with E-state index in [1.807, 2.05) is 10.1 Å². The molecule has 1 aromatic heterocycles. The number of anilines is 1. The van der Waals surface area contributed by atoms with Crippen molar-refractivity contribution in [3.8, 4) is 0 Å². The van der Waals surface area contributed by atoms with Crippen LogP contribution in [0.4, 0.5) is 5.82 Å². The van der Waals surface area contributed by atoms with E-state index in [9.17, 15) is 19.5 Å². The van der Waals surface area contributed by atoms with Gasteiger partial charge in [0.05, 0.1) is 12.5 Å². The number of aromatic amines is 2. The van der Waals surface area contributed by atoms with Crippen molar-refractivity contribution in [2.75, 3.05) is 11.9 Å². The van der Waals surface area contributed by atoms with Crippen LogP contribution in [0.2, 0.25) is 0 Å². The van der Waals surface area contributed by atoms with E-state index in [2.05, 4.69) is 10.4 Å². The van der Waals surface area contributed by atoms with Crippen LogP contribution in [-0.4, -0.2) is 27.7 Å². The van der Waals surface area contributed by atoms with E-state index in [4.69, 9.17) is 0 Å². The number of carboxylic acids is 1. The van der Waals surface area contributed by atoms with E-state index in [-0.39, 0.29) is 5.82 Å². The first-order chi connectivity index (χ1) is 6.09. The lowest BCUT2D eigenvalue weighted by Crippen LogP contribution is -2.33. The first-order valence-corrected chi connectivity index (χ1v) is 3.22. The van der Waals surface area contributed by atoms with E-state index in [1.165, 1.54) is 0 Å². The molecule has 0 bridgehead atoms. The van der Waals surface area contributed by atoms with Crippen LogP contribution in [0.3, 0.4) is 0 Å². The van der Waals surface area contributed by atoms with Crippen LogP contribution >= 0.6 is 0 Å².